The molecule has 0 aromatic heterocycles. The molecule has 3 nitrogen and oxygen atoms in total. The van der Waals surface area contributed by atoms with Gasteiger partial charge in [0.15, 0.2) is 0 Å². The number of hydrogen-bond donors (Lipinski definition) is 1. The molecule has 2 rings (SSSR count). The summed E-state index contributed by atoms with van der Waals surface area (Å²) in [5, 5.41) is 3.78. The number of halogens is 1. The maximum Gasteiger partial charge on any atom is 0.224 e. The highest BCUT2D eigenvalue weighted by molar-refractivity contribution is 8.00. The van der Waals surface area contributed by atoms with Gasteiger partial charge >= 0.3 is 0 Å². The smallest absolute Gasteiger partial charge is 0.224 e. The molecule has 0 spiro atoms. The van der Waals surface area contributed by atoms with Crippen molar-refractivity contribution in [3.05, 3.63) is 0 Å². The minimum absolute atomic E-state index is 0. The number of rotatable bonds is 3. The van der Waals surface area contributed by atoms with Gasteiger partial charge in [-0.1, -0.05) is 12.8 Å². The molecule has 5 heteroatoms. The highest BCUT2D eigenvalue weighted by Crippen LogP contribution is 2.35. The molecule has 0 bridgehead atoms. The van der Waals surface area contributed by atoms with Crippen LogP contribution in [0.1, 0.15) is 32.1 Å². The standard InChI is InChI=1S/C12H22N2OS.ClH/c1-13-7-6-12(15)14-8-9-16-11-5-3-2-4-10(11)14;/h10-11,13H,2-9H2,1H3;1H. The van der Waals surface area contributed by atoms with Crippen molar-refractivity contribution in [2.75, 3.05) is 25.9 Å². The molecule has 2 atom stereocenters. The van der Waals surface area contributed by atoms with Crippen molar-refractivity contribution in [3.8, 4) is 0 Å². The molecule has 0 radical (unpaired) electrons. The Kier molecular flexibility index (Phi) is 6.67. The van der Waals surface area contributed by atoms with Crippen LogP contribution in [0.4, 0.5) is 0 Å². The Labute approximate surface area is 114 Å². The van der Waals surface area contributed by atoms with Gasteiger partial charge in [0, 0.05) is 36.6 Å². The van der Waals surface area contributed by atoms with E-state index in [2.05, 4.69) is 22.0 Å². The molecular weight excluding hydrogens is 256 g/mol. The molecule has 0 aromatic carbocycles. The van der Waals surface area contributed by atoms with Crippen LogP contribution in [-0.2, 0) is 4.79 Å². The van der Waals surface area contributed by atoms with Crippen LogP contribution in [0.25, 0.3) is 0 Å². The van der Waals surface area contributed by atoms with Gasteiger partial charge in [-0.15, -0.1) is 12.4 Å². The molecule has 1 N–H and O–H groups in total. The number of carbonyl (C=O) groups is 1. The van der Waals surface area contributed by atoms with Gasteiger partial charge in [0.05, 0.1) is 0 Å². The molecule has 17 heavy (non-hydrogen) atoms. The Hall–Kier alpha value is 0.0700. The fraction of sp³-hybridized carbons (Fsp3) is 0.917. The number of nitrogens with zero attached hydrogens (tertiary/aromatic N) is 1. The molecule has 1 amide bonds. The first kappa shape index (κ1) is 15.1. The van der Waals surface area contributed by atoms with Crippen LogP contribution in [0.15, 0.2) is 0 Å². The first-order valence-corrected chi connectivity index (χ1v) is 7.43. The Morgan fingerprint density at radius 1 is 1.41 bits per heavy atom. The zero-order valence-electron chi connectivity index (χ0n) is 10.5. The van der Waals surface area contributed by atoms with E-state index in [9.17, 15) is 4.79 Å². The zero-order valence-corrected chi connectivity index (χ0v) is 12.1. The number of amides is 1. The van der Waals surface area contributed by atoms with Crippen LogP contribution in [-0.4, -0.2) is 48.0 Å². The first-order valence-electron chi connectivity index (χ1n) is 6.38. The van der Waals surface area contributed by atoms with Crippen LogP contribution in [0, 0.1) is 0 Å². The van der Waals surface area contributed by atoms with Gasteiger partial charge in [-0.05, 0) is 19.9 Å². The second-order valence-corrected chi connectivity index (χ2v) is 6.05. The molecule has 0 aromatic rings. The van der Waals surface area contributed by atoms with E-state index in [0.29, 0.717) is 18.4 Å². The lowest BCUT2D eigenvalue weighted by molar-refractivity contribution is -0.133. The zero-order chi connectivity index (χ0) is 11.4. The van der Waals surface area contributed by atoms with Crippen LogP contribution < -0.4 is 5.32 Å². The predicted octanol–water partition coefficient (Wildman–Crippen LogP) is 1.90. The van der Waals surface area contributed by atoms with Crippen molar-refractivity contribution >= 4 is 30.1 Å². The van der Waals surface area contributed by atoms with E-state index in [-0.39, 0.29) is 12.4 Å². The molecule has 2 unspecified atom stereocenters. The van der Waals surface area contributed by atoms with E-state index in [1.165, 1.54) is 25.7 Å². The molecule has 1 heterocycles. The number of hydrogen-bond acceptors (Lipinski definition) is 3. The van der Waals surface area contributed by atoms with Gasteiger partial charge in [0.2, 0.25) is 5.91 Å². The Morgan fingerprint density at radius 3 is 2.94 bits per heavy atom. The van der Waals surface area contributed by atoms with E-state index in [1.807, 2.05) is 7.05 Å². The molecular formula is C12H23ClN2OS. The maximum atomic E-state index is 12.1. The lowest BCUT2D eigenvalue weighted by Gasteiger charge is -2.43. The summed E-state index contributed by atoms with van der Waals surface area (Å²) < 4.78 is 0. The lowest BCUT2D eigenvalue weighted by Crippen LogP contribution is -2.52. The van der Waals surface area contributed by atoms with E-state index >= 15 is 0 Å². The summed E-state index contributed by atoms with van der Waals surface area (Å²) in [5.74, 6) is 1.48. The van der Waals surface area contributed by atoms with E-state index in [1.54, 1.807) is 0 Å². The van der Waals surface area contributed by atoms with E-state index < -0.39 is 0 Å². The van der Waals surface area contributed by atoms with Crippen molar-refractivity contribution in [1.29, 1.82) is 0 Å². The van der Waals surface area contributed by atoms with Gasteiger partial charge in [-0.25, -0.2) is 0 Å². The summed E-state index contributed by atoms with van der Waals surface area (Å²) in [6.45, 7) is 1.77. The van der Waals surface area contributed by atoms with Crippen LogP contribution >= 0.6 is 24.2 Å². The highest BCUT2D eigenvalue weighted by atomic mass is 35.5. The minimum Gasteiger partial charge on any atom is -0.338 e. The second-order valence-electron chi connectivity index (χ2n) is 4.70. The summed E-state index contributed by atoms with van der Waals surface area (Å²) in [5.41, 5.74) is 0. The van der Waals surface area contributed by atoms with Gasteiger partial charge in [0.1, 0.15) is 0 Å². The average Bonchev–Trinajstić information content (AvgIpc) is 2.35. The number of fused-ring (bicyclic) bond motifs is 1. The molecule has 1 saturated carbocycles. The minimum atomic E-state index is 0. The fourth-order valence-electron chi connectivity index (χ4n) is 2.78. The molecule has 2 aliphatic rings. The largest absolute Gasteiger partial charge is 0.338 e. The predicted molar refractivity (Wildman–Crippen MR) is 76.0 cm³/mol. The summed E-state index contributed by atoms with van der Waals surface area (Å²) in [4.78, 5) is 14.3. The molecule has 1 saturated heterocycles. The van der Waals surface area contributed by atoms with Gasteiger partial charge in [-0.2, -0.15) is 11.8 Å². The maximum absolute atomic E-state index is 12.1. The Bertz CT molecular complexity index is 251. The van der Waals surface area contributed by atoms with Crippen molar-refractivity contribution in [1.82, 2.24) is 10.2 Å². The van der Waals surface area contributed by atoms with Crippen molar-refractivity contribution in [2.24, 2.45) is 0 Å². The molecule has 1 aliphatic carbocycles. The summed E-state index contributed by atoms with van der Waals surface area (Å²) in [7, 11) is 1.91. The highest BCUT2D eigenvalue weighted by Gasteiger charge is 2.35. The van der Waals surface area contributed by atoms with Crippen molar-refractivity contribution in [2.45, 2.75) is 43.4 Å². The number of carbonyl (C=O) groups excluding carboxylic acids is 1. The number of nitrogens with one attached hydrogen (secondary N) is 1. The quantitative estimate of drug-likeness (QED) is 0.856. The topological polar surface area (TPSA) is 32.3 Å². The van der Waals surface area contributed by atoms with Crippen molar-refractivity contribution < 1.29 is 4.79 Å². The third kappa shape index (κ3) is 3.76. The Balaban J connectivity index is 0.00000144. The van der Waals surface area contributed by atoms with Crippen molar-refractivity contribution in [3.63, 3.8) is 0 Å². The Morgan fingerprint density at radius 2 is 2.18 bits per heavy atom. The van der Waals surface area contributed by atoms with Gasteiger partial charge in [0.25, 0.3) is 0 Å². The van der Waals surface area contributed by atoms with E-state index in [4.69, 9.17) is 0 Å². The van der Waals surface area contributed by atoms with E-state index in [0.717, 1.165) is 24.1 Å². The second kappa shape index (κ2) is 7.49. The van der Waals surface area contributed by atoms with Crippen LogP contribution in [0.3, 0.4) is 0 Å². The van der Waals surface area contributed by atoms with Crippen LogP contribution in [0.2, 0.25) is 0 Å². The number of thioether (sulfide) groups is 1. The monoisotopic (exact) mass is 278 g/mol. The van der Waals surface area contributed by atoms with Gasteiger partial charge in [-0.3, -0.25) is 4.79 Å². The SMILES string of the molecule is CNCCC(=O)N1CCSC2CCCCC21.Cl. The molecule has 2 fully saturated rings. The molecule has 100 valence electrons. The average molecular weight is 279 g/mol. The normalized spacial score (nSPS) is 28.2. The fourth-order valence-corrected chi connectivity index (χ4v) is 4.23. The first-order chi connectivity index (χ1) is 7.83. The van der Waals surface area contributed by atoms with Crippen LogP contribution in [0.5, 0.6) is 0 Å². The third-order valence-corrected chi connectivity index (χ3v) is 5.04. The molecule has 1 aliphatic heterocycles. The third-order valence-electron chi connectivity index (χ3n) is 3.64. The summed E-state index contributed by atoms with van der Waals surface area (Å²) >= 11 is 2.08. The van der Waals surface area contributed by atoms with Gasteiger partial charge < -0.3 is 10.2 Å². The lowest BCUT2D eigenvalue weighted by atomic mass is 9.93. The summed E-state index contributed by atoms with van der Waals surface area (Å²) in [6, 6.07) is 0.539. The summed E-state index contributed by atoms with van der Waals surface area (Å²) in [6.07, 6.45) is 5.85.